The zero-order valence-electron chi connectivity index (χ0n) is 16.0. The molecular formula is C24H23N3O. The van der Waals surface area contributed by atoms with E-state index >= 15 is 0 Å². The molecule has 3 aromatic rings. The van der Waals surface area contributed by atoms with Crippen LogP contribution >= 0.6 is 0 Å². The number of carbonyl (C=O) groups excluding carboxylic acids is 1. The van der Waals surface area contributed by atoms with Crippen molar-refractivity contribution in [3.63, 3.8) is 0 Å². The Kier molecular flexibility index (Phi) is 3.93. The summed E-state index contributed by atoms with van der Waals surface area (Å²) in [5, 5.41) is 0. The fraction of sp³-hybridized carbons (Fsp3) is 0.250. The van der Waals surface area contributed by atoms with Crippen LogP contribution in [0.3, 0.4) is 0 Å². The lowest BCUT2D eigenvalue weighted by Gasteiger charge is -2.39. The minimum absolute atomic E-state index is 0.0898. The van der Waals surface area contributed by atoms with Gasteiger partial charge in [0.25, 0.3) is 5.91 Å². The Morgan fingerprint density at radius 1 is 1.04 bits per heavy atom. The van der Waals surface area contributed by atoms with Crippen LogP contribution in [-0.2, 0) is 12.5 Å². The summed E-state index contributed by atoms with van der Waals surface area (Å²) >= 11 is 0. The highest BCUT2D eigenvalue weighted by Gasteiger charge is 2.39. The van der Waals surface area contributed by atoms with Gasteiger partial charge in [0.05, 0.1) is 5.56 Å². The summed E-state index contributed by atoms with van der Waals surface area (Å²) in [6.45, 7) is 1.54. The molecule has 0 bridgehead atoms. The fourth-order valence-electron chi connectivity index (χ4n) is 4.64. The molecule has 0 radical (unpaired) electrons. The van der Waals surface area contributed by atoms with Gasteiger partial charge in [0.1, 0.15) is 5.82 Å². The van der Waals surface area contributed by atoms with Crippen molar-refractivity contribution in [2.75, 3.05) is 13.1 Å². The van der Waals surface area contributed by atoms with E-state index in [1.54, 1.807) is 6.20 Å². The Morgan fingerprint density at radius 2 is 1.79 bits per heavy atom. The lowest BCUT2D eigenvalue weighted by molar-refractivity contribution is 0.0691. The third kappa shape index (κ3) is 2.60. The molecule has 4 nitrogen and oxygen atoms in total. The van der Waals surface area contributed by atoms with Gasteiger partial charge in [-0.15, -0.1) is 0 Å². The molecule has 2 aliphatic rings. The van der Waals surface area contributed by atoms with Gasteiger partial charge in [-0.25, -0.2) is 4.98 Å². The van der Waals surface area contributed by atoms with Crippen LogP contribution in [0.25, 0.3) is 17.5 Å². The molecule has 5 rings (SSSR count). The first-order valence-corrected chi connectivity index (χ1v) is 9.83. The maximum absolute atomic E-state index is 13.3. The summed E-state index contributed by atoms with van der Waals surface area (Å²) in [5.74, 6) is 0.925. The number of imidazole rings is 1. The van der Waals surface area contributed by atoms with Gasteiger partial charge in [-0.3, -0.25) is 4.79 Å². The third-order valence-corrected chi connectivity index (χ3v) is 6.24. The van der Waals surface area contributed by atoms with Crippen molar-refractivity contribution in [3.8, 4) is 11.4 Å². The molecule has 1 spiro atoms. The Bertz CT molecular complexity index is 1070. The molecule has 2 heterocycles. The van der Waals surface area contributed by atoms with E-state index in [0.29, 0.717) is 0 Å². The molecular weight excluding hydrogens is 346 g/mol. The summed E-state index contributed by atoms with van der Waals surface area (Å²) in [6.07, 6.45) is 10.2. The van der Waals surface area contributed by atoms with E-state index in [9.17, 15) is 4.79 Å². The zero-order valence-corrected chi connectivity index (χ0v) is 16.0. The number of piperidine rings is 1. The third-order valence-electron chi connectivity index (χ3n) is 6.24. The molecule has 1 fully saturated rings. The Morgan fingerprint density at radius 3 is 2.57 bits per heavy atom. The van der Waals surface area contributed by atoms with Crippen LogP contribution in [-0.4, -0.2) is 33.4 Å². The molecule has 0 saturated carbocycles. The minimum atomic E-state index is 0.0898. The van der Waals surface area contributed by atoms with E-state index in [1.165, 1.54) is 11.1 Å². The number of hydrogen-bond acceptors (Lipinski definition) is 2. The molecule has 1 aliphatic heterocycles. The second kappa shape index (κ2) is 6.48. The van der Waals surface area contributed by atoms with Gasteiger partial charge in [0, 0.05) is 43.5 Å². The van der Waals surface area contributed by atoms with Crippen LogP contribution in [0.5, 0.6) is 0 Å². The van der Waals surface area contributed by atoms with Crippen molar-refractivity contribution in [1.29, 1.82) is 0 Å². The molecule has 1 amide bonds. The summed E-state index contributed by atoms with van der Waals surface area (Å²) < 4.78 is 1.96. The van der Waals surface area contributed by atoms with Crippen LogP contribution < -0.4 is 0 Å². The van der Waals surface area contributed by atoms with Crippen LogP contribution in [0.1, 0.15) is 34.3 Å². The van der Waals surface area contributed by atoms with Crippen molar-refractivity contribution < 1.29 is 4.79 Å². The maximum atomic E-state index is 13.3. The van der Waals surface area contributed by atoms with Crippen molar-refractivity contribution in [2.45, 2.75) is 18.3 Å². The number of rotatable bonds is 2. The molecule has 0 N–H and O–H groups in total. The standard InChI is InChI=1S/C24H23N3O/c1-26-17-14-25-22(26)19-7-3-4-8-20(19)23(28)27-15-12-24(13-16-27)11-10-18-6-2-5-9-21(18)24/h2-11,14,17H,12-13,15-16H2,1H3. The van der Waals surface area contributed by atoms with Gasteiger partial charge in [0.15, 0.2) is 0 Å². The largest absolute Gasteiger partial charge is 0.339 e. The molecule has 1 saturated heterocycles. The van der Waals surface area contributed by atoms with Gasteiger partial charge in [-0.2, -0.15) is 0 Å². The second-order valence-electron chi connectivity index (χ2n) is 7.78. The second-order valence-corrected chi connectivity index (χ2v) is 7.78. The summed E-state index contributed by atoms with van der Waals surface area (Å²) in [4.78, 5) is 19.8. The molecule has 0 unspecified atom stereocenters. The summed E-state index contributed by atoms with van der Waals surface area (Å²) in [6, 6.07) is 16.4. The number of aromatic nitrogens is 2. The van der Waals surface area contributed by atoms with Crippen LogP contribution in [0.15, 0.2) is 67.0 Å². The van der Waals surface area contributed by atoms with E-state index < -0.39 is 0 Å². The number of allylic oxidation sites excluding steroid dienone is 1. The van der Waals surface area contributed by atoms with E-state index in [0.717, 1.165) is 42.9 Å². The first-order valence-electron chi connectivity index (χ1n) is 9.83. The smallest absolute Gasteiger partial charge is 0.254 e. The predicted molar refractivity (Wildman–Crippen MR) is 111 cm³/mol. The number of hydrogen-bond donors (Lipinski definition) is 0. The number of likely N-dealkylation sites (tertiary alicyclic amines) is 1. The van der Waals surface area contributed by atoms with Crippen molar-refractivity contribution in [1.82, 2.24) is 14.5 Å². The minimum Gasteiger partial charge on any atom is -0.339 e. The average Bonchev–Trinajstić information content (AvgIpc) is 3.33. The van der Waals surface area contributed by atoms with E-state index in [-0.39, 0.29) is 11.3 Å². The topological polar surface area (TPSA) is 38.1 Å². The van der Waals surface area contributed by atoms with Crippen LogP contribution in [0, 0.1) is 0 Å². The number of amides is 1. The van der Waals surface area contributed by atoms with Gasteiger partial charge in [-0.05, 0) is 30.0 Å². The van der Waals surface area contributed by atoms with Gasteiger partial charge < -0.3 is 9.47 Å². The number of benzene rings is 2. The SMILES string of the molecule is Cn1ccnc1-c1ccccc1C(=O)N1CCC2(C=Cc3ccccc32)CC1. The van der Waals surface area contributed by atoms with Gasteiger partial charge in [0.2, 0.25) is 0 Å². The predicted octanol–water partition coefficient (Wildman–Crippen LogP) is 4.29. The van der Waals surface area contributed by atoms with Crippen LogP contribution in [0.2, 0.25) is 0 Å². The highest BCUT2D eigenvalue weighted by molar-refractivity contribution is 6.00. The van der Waals surface area contributed by atoms with Gasteiger partial charge >= 0.3 is 0 Å². The van der Waals surface area contributed by atoms with E-state index in [1.807, 2.05) is 47.0 Å². The Labute approximate surface area is 165 Å². The van der Waals surface area contributed by atoms with Crippen molar-refractivity contribution >= 4 is 12.0 Å². The molecule has 1 aromatic heterocycles. The first kappa shape index (κ1) is 17.0. The molecule has 28 heavy (non-hydrogen) atoms. The highest BCUT2D eigenvalue weighted by Crippen LogP contribution is 2.43. The number of nitrogens with zero attached hydrogens (tertiary/aromatic N) is 3. The lowest BCUT2D eigenvalue weighted by Crippen LogP contribution is -2.44. The Balaban J connectivity index is 1.40. The van der Waals surface area contributed by atoms with E-state index in [2.05, 4.69) is 41.4 Å². The zero-order chi connectivity index (χ0) is 19.1. The van der Waals surface area contributed by atoms with E-state index in [4.69, 9.17) is 0 Å². The molecule has 1 aliphatic carbocycles. The molecule has 140 valence electrons. The van der Waals surface area contributed by atoms with Gasteiger partial charge in [-0.1, -0.05) is 54.6 Å². The summed E-state index contributed by atoms with van der Waals surface area (Å²) in [7, 11) is 1.96. The fourth-order valence-corrected chi connectivity index (χ4v) is 4.64. The number of carbonyl (C=O) groups is 1. The number of aryl methyl sites for hydroxylation is 1. The lowest BCUT2D eigenvalue weighted by atomic mass is 9.74. The van der Waals surface area contributed by atoms with Crippen LogP contribution in [0.4, 0.5) is 0 Å². The first-order chi connectivity index (χ1) is 13.7. The quantitative estimate of drug-likeness (QED) is 0.676. The monoisotopic (exact) mass is 369 g/mol. The summed E-state index contributed by atoms with van der Waals surface area (Å²) in [5.41, 5.74) is 4.45. The Hall–Kier alpha value is -3.14. The highest BCUT2D eigenvalue weighted by atomic mass is 16.2. The molecule has 2 aromatic carbocycles. The molecule has 4 heteroatoms. The molecule has 0 atom stereocenters. The average molecular weight is 369 g/mol. The van der Waals surface area contributed by atoms with Crippen molar-refractivity contribution in [2.24, 2.45) is 7.05 Å². The normalized spacial score (nSPS) is 17.1. The number of fused-ring (bicyclic) bond motifs is 2. The maximum Gasteiger partial charge on any atom is 0.254 e. The van der Waals surface area contributed by atoms with Crippen molar-refractivity contribution in [3.05, 3.63) is 83.7 Å².